The fourth-order valence-corrected chi connectivity index (χ4v) is 4.69. The molecule has 4 N–H and O–H groups in total. The Hall–Kier alpha value is -2.71. The molecule has 0 unspecified atom stereocenters. The van der Waals surface area contributed by atoms with Crippen LogP contribution in [0.3, 0.4) is 0 Å². The predicted molar refractivity (Wildman–Crippen MR) is 126 cm³/mol. The fraction of sp³-hybridized carbons (Fsp3) is 0.364. The van der Waals surface area contributed by atoms with Gasteiger partial charge >= 0.3 is 0 Å². The van der Waals surface area contributed by atoms with E-state index in [1.807, 2.05) is 9.44 Å². The van der Waals surface area contributed by atoms with Crippen molar-refractivity contribution < 1.29 is 36.3 Å². The third-order valence-electron chi connectivity index (χ3n) is 5.32. The number of anilines is 1. The molecule has 9 nitrogen and oxygen atoms in total. The van der Waals surface area contributed by atoms with E-state index in [9.17, 15) is 31.2 Å². The zero-order valence-corrected chi connectivity index (χ0v) is 20.3. The van der Waals surface area contributed by atoms with Crippen molar-refractivity contribution in [3.8, 4) is 0 Å². The first-order valence-corrected chi connectivity index (χ1v) is 12.6. The SMILES string of the molecule is O=C(NC1CC(F)(F)C1)[C@H](c1ccccc1Cl)N(C(=O)CNS(=O)(=O)NCCO)c1cccc(F)c1. The number of carbonyl (C=O) groups is 2. The Morgan fingerprint density at radius 1 is 1.14 bits per heavy atom. The van der Waals surface area contributed by atoms with Crippen LogP contribution in [-0.4, -0.2) is 57.0 Å². The minimum Gasteiger partial charge on any atom is -0.395 e. The van der Waals surface area contributed by atoms with E-state index in [2.05, 4.69) is 5.32 Å². The molecule has 0 saturated heterocycles. The number of aliphatic hydroxyl groups excluding tert-OH is 1. The molecule has 1 aliphatic carbocycles. The van der Waals surface area contributed by atoms with Crippen molar-refractivity contribution in [2.24, 2.45) is 0 Å². The van der Waals surface area contributed by atoms with Gasteiger partial charge in [0.15, 0.2) is 0 Å². The molecule has 1 fully saturated rings. The van der Waals surface area contributed by atoms with E-state index in [-0.39, 0.29) is 22.8 Å². The zero-order valence-electron chi connectivity index (χ0n) is 18.8. The summed E-state index contributed by atoms with van der Waals surface area (Å²) in [5.41, 5.74) is 0.0168. The average molecular weight is 549 g/mol. The van der Waals surface area contributed by atoms with Crippen molar-refractivity contribution in [2.45, 2.75) is 30.8 Å². The van der Waals surface area contributed by atoms with E-state index in [1.54, 1.807) is 6.07 Å². The molecule has 1 saturated carbocycles. The van der Waals surface area contributed by atoms with Gasteiger partial charge in [-0.25, -0.2) is 13.2 Å². The van der Waals surface area contributed by atoms with Crippen molar-refractivity contribution in [3.63, 3.8) is 0 Å². The van der Waals surface area contributed by atoms with Gasteiger partial charge in [-0.05, 0) is 24.3 Å². The molecule has 2 aromatic rings. The summed E-state index contributed by atoms with van der Waals surface area (Å²) in [4.78, 5) is 27.6. The van der Waals surface area contributed by atoms with Crippen LogP contribution >= 0.6 is 11.6 Å². The summed E-state index contributed by atoms with van der Waals surface area (Å²) in [5, 5.41) is 11.4. The quantitative estimate of drug-likeness (QED) is 0.341. The van der Waals surface area contributed by atoms with Crippen molar-refractivity contribution in [2.75, 3.05) is 24.6 Å². The van der Waals surface area contributed by atoms with Crippen LogP contribution in [0.4, 0.5) is 18.9 Å². The van der Waals surface area contributed by atoms with Crippen LogP contribution < -0.4 is 19.7 Å². The highest BCUT2D eigenvalue weighted by atomic mass is 35.5. The Morgan fingerprint density at radius 3 is 2.44 bits per heavy atom. The monoisotopic (exact) mass is 548 g/mol. The molecule has 0 aromatic heterocycles. The Morgan fingerprint density at radius 2 is 1.83 bits per heavy atom. The average Bonchev–Trinajstić information content (AvgIpc) is 2.79. The second-order valence-electron chi connectivity index (χ2n) is 8.08. The van der Waals surface area contributed by atoms with Crippen molar-refractivity contribution >= 4 is 39.3 Å². The number of nitrogens with zero attached hydrogens (tertiary/aromatic N) is 1. The molecule has 1 aliphatic rings. The minimum absolute atomic E-state index is 0.0657. The first-order chi connectivity index (χ1) is 16.9. The van der Waals surface area contributed by atoms with E-state index in [0.29, 0.717) is 0 Å². The number of aliphatic hydroxyl groups is 1. The Balaban J connectivity index is 2.00. The summed E-state index contributed by atoms with van der Waals surface area (Å²) in [6, 6.07) is 8.27. The third-order valence-corrected chi connectivity index (χ3v) is 6.77. The van der Waals surface area contributed by atoms with Crippen LogP contribution in [0.2, 0.25) is 5.02 Å². The lowest BCUT2D eigenvalue weighted by Crippen LogP contribution is -2.55. The zero-order chi connectivity index (χ0) is 26.5. The fourth-order valence-electron chi connectivity index (χ4n) is 3.67. The molecular weight excluding hydrogens is 525 g/mol. The summed E-state index contributed by atoms with van der Waals surface area (Å²) in [5.74, 6) is -5.49. The summed E-state index contributed by atoms with van der Waals surface area (Å²) in [7, 11) is -4.20. The van der Waals surface area contributed by atoms with Gasteiger partial charge in [0, 0.05) is 41.7 Å². The molecule has 0 spiro atoms. The largest absolute Gasteiger partial charge is 0.395 e. The first-order valence-electron chi connectivity index (χ1n) is 10.8. The van der Waals surface area contributed by atoms with E-state index in [0.717, 1.165) is 17.0 Å². The second-order valence-corrected chi connectivity index (χ2v) is 10.1. The maximum atomic E-state index is 14.1. The number of halogens is 4. The van der Waals surface area contributed by atoms with Gasteiger partial charge in [-0.15, -0.1) is 0 Å². The van der Waals surface area contributed by atoms with Crippen molar-refractivity contribution in [1.29, 1.82) is 0 Å². The maximum Gasteiger partial charge on any atom is 0.277 e. The summed E-state index contributed by atoms with van der Waals surface area (Å²) >= 11 is 6.31. The Kier molecular flexibility index (Phi) is 8.95. The molecule has 2 amide bonds. The van der Waals surface area contributed by atoms with Crippen LogP contribution in [0.25, 0.3) is 0 Å². The molecule has 36 heavy (non-hydrogen) atoms. The molecule has 14 heteroatoms. The van der Waals surface area contributed by atoms with Gasteiger partial charge < -0.3 is 10.4 Å². The highest BCUT2D eigenvalue weighted by molar-refractivity contribution is 7.87. The van der Waals surface area contributed by atoms with Crippen LogP contribution in [-0.2, 0) is 19.8 Å². The number of amides is 2. The topological polar surface area (TPSA) is 128 Å². The standard InChI is InChI=1S/C22H24ClF3N4O5S/c23-18-7-2-1-6-17(18)20(21(33)29-15-11-22(25,26)12-15)30(16-5-3-4-14(24)10-16)19(32)13-28-36(34,35)27-8-9-31/h1-7,10,15,20,27-28,31H,8-9,11-13H2,(H,29,33)/t20-/m0/s1. The van der Waals surface area contributed by atoms with E-state index in [4.69, 9.17) is 16.7 Å². The molecule has 0 bridgehead atoms. The molecule has 0 heterocycles. The molecule has 3 rings (SSSR count). The number of hydrogen-bond donors (Lipinski definition) is 4. The maximum absolute atomic E-state index is 14.1. The van der Waals surface area contributed by atoms with Crippen LogP contribution in [0.15, 0.2) is 48.5 Å². The van der Waals surface area contributed by atoms with Crippen LogP contribution in [0.1, 0.15) is 24.4 Å². The smallest absolute Gasteiger partial charge is 0.277 e. The molecular formula is C22H24ClF3N4O5S. The summed E-state index contributed by atoms with van der Waals surface area (Å²) < 4.78 is 68.9. The summed E-state index contributed by atoms with van der Waals surface area (Å²) in [6.45, 7) is -1.65. The number of rotatable bonds is 11. The lowest BCUT2D eigenvalue weighted by atomic mass is 9.87. The van der Waals surface area contributed by atoms with Gasteiger partial charge in [-0.2, -0.15) is 17.9 Å². The van der Waals surface area contributed by atoms with Crippen LogP contribution in [0.5, 0.6) is 0 Å². The van der Waals surface area contributed by atoms with Gasteiger partial charge in [-0.3, -0.25) is 14.5 Å². The van der Waals surface area contributed by atoms with Gasteiger partial charge in [0.1, 0.15) is 11.9 Å². The normalized spacial score (nSPS) is 16.1. The van der Waals surface area contributed by atoms with E-state index >= 15 is 0 Å². The van der Waals surface area contributed by atoms with E-state index < -0.39 is 71.8 Å². The third kappa shape index (κ3) is 7.17. The molecule has 2 aromatic carbocycles. The van der Waals surface area contributed by atoms with Crippen LogP contribution in [0, 0.1) is 5.82 Å². The molecule has 1 atom stereocenters. The highest BCUT2D eigenvalue weighted by Crippen LogP contribution is 2.38. The number of hydrogen-bond acceptors (Lipinski definition) is 5. The number of nitrogens with one attached hydrogen (secondary N) is 3. The Bertz CT molecular complexity index is 1210. The minimum atomic E-state index is -4.20. The highest BCUT2D eigenvalue weighted by Gasteiger charge is 2.47. The van der Waals surface area contributed by atoms with Crippen molar-refractivity contribution in [1.82, 2.24) is 14.8 Å². The Labute approximate surface area is 210 Å². The van der Waals surface area contributed by atoms with Gasteiger partial charge in [-0.1, -0.05) is 35.9 Å². The van der Waals surface area contributed by atoms with Gasteiger partial charge in [0.05, 0.1) is 13.2 Å². The lowest BCUT2D eigenvalue weighted by molar-refractivity contribution is -0.132. The van der Waals surface area contributed by atoms with E-state index in [1.165, 1.54) is 30.3 Å². The molecule has 0 radical (unpaired) electrons. The second kappa shape index (κ2) is 11.6. The predicted octanol–water partition coefficient (Wildman–Crippen LogP) is 1.88. The summed E-state index contributed by atoms with van der Waals surface area (Å²) in [6.07, 6.45) is -1.17. The van der Waals surface area contributed by atoms with Gasteiger partial charge in [0.25, 0.3) is 16.1 Å². The molecule has 0 aliphatic heterocycles. The molecule has 196 valence electrons. The number of carbonyl (C=O) groups excluding carboxylic acids is 2. The first kappa shape index (κ1) is 27.9. The lowest BCUT2D eigenvalue weighted by Gasteiger charge is -2.38. The number of alkyl halides is 2. The van der Waals surface area contributed by atoms with Crippen molar-refractivity contribution in [3.05, 3.63) is 64.9 Å². The number of benzene rings is 2. The van der Waals surface area contributed by atoms with Gasteiger partial charge in [0.2, 0.25) is 11.8 Å².